The number of halogens is 1. The van der Waals surface area contributed by atoms with Crippen LogP contribution in [-0.4, -0.2) is 99.4 Å². The van der Waals surface area contributed by atoms with E-state index in [0.717, 1.165) is 4.90 Å². The second-order valence-electron chi connectivity index (χ2n) is 7.17. The van der Waals surface area contributed by atoms with Gasteiger partial charge >= 0.3 is 6.03 Å². The number of alkyl halides is 1. The molecular formula is C16H30ClN3O8. The number of aliphatic hydroxyl groups is 4. The number of urea groups is 1. The molecule has 0 unspecified atom stereocenters. The lowest BCUT2D eigenvalue weighted by Crippen LogP contribution is -2.74. The van der Waals surface area contributed by atoms with Gasteiger partial charge in [0.2, 0.25) is 0 Å². The molecule has 4 atom stereocenters. The van der Waals surface area contributed by atoms with Crippen LogP contribution in [0, 0.1) is 10.8 Å². The first-order valence-corrected chi connectivity index (χ1v) is 9.53. The lowest BCUT2D eigenvalue weighted by Gasteiger charge is -2.52. The summed E-state index contributed by atoms with van der Waals surface area (Å²) in [5, 5.41) is 45.6. The molecular weight excluding hydrogens is 398 g/mol. The normalized spacial score (nSPS) is 30.3. The maximum Gasteiger partial charge on any atom is 0.345 e. The van der Waals surface area contributed by atoms with E-state index in [1.165, 1.54) is 7.11 Å². The number of carbonyl (C=O) groups excluding carboxylic acids is 1. The summed E-state index contributed by atoms with van der Waals surface area (Å²) in [4.78, 5) is 24.5. The van der Waals surface area contributed by atoms with Crippen molar-refractivity contribution < 1.29 is 34.7 Å². The third kappa shape index (κ3) is 5.50. The van der Waals surface area contributed by atoms with Crippen LogP contribution in [0.4, 0.5) is 4.79 Å². The molecule has 0 radical (unpaired) electrons. The Morgan fingerprint density at radius 1 is 1.32 bits per heavy atom. The average Bonchev–Trinajstić information content (AvgIpc) is 2.64. The highest BCUT2D eigenvalue weighted by Gasteiger charge is 2.59. The van der Waals surface area contributed by atoms with Gasteiger partial charge in [-0.15, -0.1) is 16.5 Å². The lowest BCUT2D eigenvalue weighted by atomic mass is 9.86. The van der Waals surface area contributed by atoms with Crippen molar-refractivity contribution in [2.45, 2.75) is 50.4 Å². The molecule has 1 fully saturated rings. The molecule has 0 spiro atoms. The number of aliphatic hydroxyl groups excluding tert-OH is 2. The molecule has 11 nitrogen and oxygen atoms in total. The Labute approximate surface area is 168 Å². The molecule has 1 heterocycles. The minimum atomic E-state index is -2.41. The Kier molecular flexibility index (Phi) is 9.47. The monoisotopic (exact) mass is 427 g/mol. The van der Waals surface area contributed by atoms with Crippen LogP contribution >= 0.6 is 11.6 Å². The summed E-state index contributed by atoms with van der Waals surface area (Å²) in [6, 6.07) is -1.03. The van der Waals surface area contributed by atoms with Crippen LogP contribution in [0.15, 0.2) is 5.29 Å². The molecule has 0 aromatic rings. The molecule has 0 aliphatic carbocycles. The van der Waals surface area contributed by atoms with Gasteiger partial charge in [-0.3, -0.25) is 4.90 Å². The summed E-state index contributed by atoms with van der Waals surface area (Å²) in [5.74, 6) is -2.27. The number of nitroso groups, excluding NO2 is 1. The van der Waals surface area contributed by atoms with Gasteiger partial charge < -0.3 is 29.9 Å². The van der Waals surface area contributed by atoms with E-state index in [1.54, 1.807) is 13.8 Å². The fourth-order valence-corrected chi connectivity index (χ4v) is 3.28. The zero-order valence-corrected chi connectivity index (χ0v) is 17.1. The van der Waals surface area contributed by atoms with Crippen molar-refractivity contribution in [1.29, 1.82) is 0 Å². The van der Waals surface area contributed by atoms with E-state index in [2.05, 4.69) is 5.29 Å². The van der Waals surface area contributed by atoms with Gasteiger partial charge in [0.15, 0.2) is 11.5 Å². The Morgan fingerprint density at radius 3 is 2.46 bits per heavy atom. The molecule has 1 aliphatic heterocycles. The Hall–Kier alpha value is -1.08. The molecule has 2 amide bonds. The SMILES string of the molecule is COCCCN(C(=O)N(CCCl)N=O)[C@]1(O)CO[C@](O)(CC(C)C)[C@H](O)[C@H]1O. The molecule has 164 valence electrons. The van der Waals surface area contributed by atoms with Gasteiger partial charge in [0.25, 0.3) is 0 Å². The fraction of sp³-hybridized carbons (Fsp3) is 0.938. The van der Waals surface area contributed by atoms with Crippen LogP contribution in [0.5, 0.6) is 0 Å². The van der Waals surface area contributed by atoms with E-state index in [-0.39, 0.29) is 44.3 Å². The van der Waals surface area contributed by atoms with Crippen molar-refractivity contribution in [2.24, 2.45) is 11.2 Å². The number of hydrogen-bond donors (Lipinski definition) is 4. The highest BCUT2D eigenvalue weighted by atomic mass is 35.5. The number of methoxy groups -OCH3 is 1. The van der Waals surface area contributed by atoms with E-state index < -0.39 is 36.4 Å². The number of ether oxygens (including phenoxy) is 2. The standard InChI is InChI=1S/C16H30ClN3O8/c1-11(2)9-16(25)13(22)12(21)15(24,10-28-16)19(6-4-8-27-3)14(23)20(18-26)7-5-17/h11-13,21-22,24-25H,4-10H2,1-3H3/t12-,13-,15+,16-/m1/s1. The van der Waals surface area contributed by atoms with E-state index in [1.807, 2.05) is 0 Å². The Balaban J connectivity index is 3.16. The van der Waals surface area contributed by atoms with Crippen molar-refractivity contribution >= 4 is 17.6 Å². The highest BCUT2D eigenvalue weighted by molar-refractivity contribution is 6.18. The van der Waals surface area contributed by atoms with E-state index in [9.17, 15) is 30.1 Å². The summed E-state index contributed by atoms with van der Waals surface area (Å²) in [6.07, 6.45) is -3.64. The molecule has 12 heteroatoms. The quantitative estimate of drug-likeness (QED) is 0.123. The average molecular weight is 428 g/mol. The largest absolute Gasteiger partial charge is 0.385 e. The summed E-state index contributed by atoms with van der Waals surface area (Å²) < 4.78 is 10.2. The zero-order chi connectivity index (χ0) is 21.5. The molecule has 0 aromatic heterocycles. The zero-order valence-electron chi connectivity index (χ0n) is 16.3. The van der Waals surface area contributed by atoms with E-state index in [0.29, 0.717) is 5.01 Å². The summed E-state index contributed by atoms with van der Waals surface area (Å²) in [6.45, 7) is 2.72. The van der Waals surface area contributed by atoms with E-state index >= 15 is 0 Å². The topological polar surface area (TPSA) is 152 Å². The first kappa shape index (κ1) is 25.0. The van der Waals surface area contributed by atoms with Crippen molar-refractivity contribution in [3.8, 4) is 0 Å². The van der Waals surface area contributed by atoms with Gasteiger partial charge in [0.1, 0.15) is 18.8 Å². The van der Waals surface area contributed by atoms with Crippen LogP contribution < -0.4 is 0 Å². The second kappa shape index (κ2) is 10.6. The van der Waals surface area contributed by atoms with Crippen LogP contribution in [0.25, 0.3) is 0 Å². The van der Waals surface area contributed by atoms with Crippen LogP contribution in [0.3, 0.4) is 0 Å². The molecule has 1 aliphatic rings. The van der Waals surface area contributed by atoms with Gasteiger partial charge in [-0.05, 0) is 12.3 Å². The van der Waals surface area contributed by atoms with Crippen LogP contribution in [0.1, 0.15) is 26.7 Å². The number of carbonyl (C=O) groups is 1. The molecule has 28 heavy (non-hydrogen) atoms. The number of rotatable bonds is 10. The molecule has 4 N–H and O–H groups in total. The van der Waals surface area contributed by atoms with Crippen molar-refractivity contribution in [1.82, 2.24) is 9.91 Å². The lowest BCUT2D eigenvalue weighted by molar-refractivity contribution is -0.367. The van der Waals surface area contributed by atoms with Gasteiger partial charge in [0.05, 0.1) is 11.8 Å². The first-order valence-electron chi connectivity index (χ1n) is 8.99. The summed E-state index contributed by atoms with van der Waals surface area (Å²) in [5.41, 5.74) is -2.41. The molecule has 1 saturated heterocycles. The van der Waals surface area contributed by atoms with Crippen molar-refractivity contribution in [3.05, 3.63) is 4.91 Å². The predicted molar refractivity (Wildman–Crippen MR) is 99.1 cm³/mol. The smallest absolute Gasteiger partial charge is 0.345 e. The van der Waals surface area contributed by atoms with Gasteiger partial charge in [-0.25, -0.2) is 4.79 Å². The predicted octanol–water partition coefficient (Wildman–Crippen LogP) is -0.158. The third-order valence-electron chi connectivity index (χ3n) is 4.51. The second-order valence-corrected chi connectivity index (χ2v) is 7.55. The number of hydrogen-bond acceptors (Lipinski definition) is 9. The third-order valence-corrected chi connectivity index (χ3v) is 4.68. The van der Waals surface area contributed by atoms with Crippen LogP contribution in [0.2, 0.25) is 0 Å². The minimum Gasteiger partial charge on any atom is -0.385 e. The number of nitrogens with zero attached hydrogens (tertiary/aromatic N) is 3. The molecule has 0 bridgehead atoms. The molecule has 0 saturated carbocycles. The van der Waals surface area contributed by atoms with Crippen molar-refractivity contribution in [2.75, 3.05) is 39.3 Å². The maximum absolute atomic E-state index is 12.7. The molecule has 0 aromatic carbocycles. The van der Waals surface area contributed by atoms with Gasteiger partial charge in [-0.2, -0.15) is 5.01 Å². The highest BCUT2D eigenvalue weighted by Crippen LogP contribution is 2.36. The summed E-state index contributed by atoms with van der Waals surface area (Å²) >= 11 is 5.57. The Bertz CT molecular complexity index is 528. The molecule has 1 rings (SSSR count). The minimum absolute atomic E-state index is 0.00675. The van der Waals surface area contributed by atoms with Crippen molar-refractivity contribution in [3.63, 3.8) is 0 Å². The number of amides is 2. The maximum atomic E-state index is 12.7. The van der Waals surface area contributed by atoms with E-state index in [4.69, 9.17) is 21.1 Å². The first-order chi connectivity index (χ1) is 13.1. The van der Waals surface area contributed by atoms with Crippen LogP contribution in [-0.2, 0) is 9.47 Å². The summed E-state index contributed by atoms with van der Waals surface area (Å²) in [7, 11) is 1.45. The van der Waals surface area contributed by atoms with Gasteiger partial charge in [-0.1, -0.05) is 13.8 Å². The fourth-order valence-electron chi connectivity index (χ4n) is 3.12. The van der Waals surface area contributed by atoms with Gasteiger partial charge in [0, 0.05) is 32.6 Å². The Morgan fingerprint density at radius 2 is 1.96 bits per heavy atom.